The third-order valence-corrected chi connectivity index (χ3v) is 4.31. The van der Waals surface area contributed by atoms with Crippen LogP contribution in [0.3, 0.4) is 0 Å². The van der Waals surface area contributed by atoms with E-state index in [1.165, 1.54) is 0 Å². The van der Waals surface area contributed by atoms with Crippen LogP contribution in [0.1, 0.15) is 15.9 Å². The first-order chi connectivity index (χ1) is 13.3. The predicted octanol–water partition coefficient (Wildman–Crippen LogP) is 5.08. The van der Waals surface area contributed by atoms with Gasteiger partial charge in [0.15, 0.2) is 0 Å². The maximum atomic E-state index is 13.4. The first kappa shape index (κ1) is 16.5. The van der Waals surface area contributed by atoms with Gasteiger partial charge < -0.3 is 0 Å². The fraction of sp³-hybridized carbons (Fsp3) is 0. The van der Waals surface area contributed by atoms with E-state index in [9.17, 15) is 10.1 Å². The highest BCUT2D eigenvalue weighted by Gasteiger charge is 2.22. The predicted molar refractivity (Wildman–Crippen MR) is 106 cm³/mol. The highest BCUT2D eigenvalue weighted by Crippen LogP contribution is 2.32. The lowest BCUT2D eigenvalue weighted by molar-refractivity contribution is 0.0999. The molecule has 4 aromatic rings. The van der Waals surface area contributed by atoms with E-state index < -0.39 is 0 Å². The normalized spacial score (nSPS) is 10.3. The number of amides is 1. The Kier molecular flexibility index (Phi) is 4.34. The van der Waals surface area contributed by atoms with Crippen molar-refractivity contribution in [2.75, 3.05) is 4.90 Å². The summed E-state index contributed by atoms with van der Waals surface area (Å²) in [5.74, 6) is -0.212. The van der Waals surface area contributed by atoms with Crippen molar-refractivity contribution in [3.63, 3.8) is 0 Å². The van der Waals surface area contributed by atoms with Gasteiger partial charge in [0.1, 0.15) is 0 Å². The molecule has 4 rings (SSSR count). The molecule has 0 radical (unpaired) electrons. The van der Waals surface area contributed by atoms with Crippen molar-refractivity contribution in [1.82, 2.24) is 4.98 Å². The summed E-state index contributed by atoms with van der Waals surface area (Å²) in [5.41, 5.74) is 3.08. The van der Waals surface area contributed by atoms with E-state index in [1.807, 2.05) is 60.7 Å². The largest absolute Gasteiger partial charge is 0.275 e. The fourth-order valence-electron chi connectivity index (χ4n) is 3.06. The summed E-state index contributed by atoms with van der Waals surface area (Å²) in [6.45, 7) is 0. The van der Waals surface area contributed by atoms with Gasteiger partial charge in [0.2, 0.25) is 0 Å². The molecular weight excluding hydrogens is 334 g/mol. The Balaban J connectivity index is 1.92. The second-order valence-corrected chi connectivity index (χ2v) is 6.02. The van der Waals surface area contributed by atoms with Gasteiger partial charge in [-0.25, -0.2) is 0 Å². The molecule has 0 aliphatic carbocycles. The summed E-state index contributed by atoms with van der Waals surface area (Å²) >= 11 is 0. The van der Waals surface area contributed by atoms with Crippen LogP contribution in [-0.4, -0.2) is 10.9 Å². The summed E-state index contributed by atoms with van der Waals surface area (Å²) in [4.78, 5) is 19.6. The number of rotatable bonds is 3. The topological polar surface area (TPSA) is 57.0 Å². The average molecular weight is 349 g/mol. The molecule has 0 saturated carbocycles. The second kappa shape index (κ2) is 7.11. The quantitative estimate of drug-likeness (QED) is 0.518. The zero-order valence-electron chi connectivity index (χ0n) is 14.4. The number of nitriles is 1. The third kappa shape index (κ3) is 3.14. The number of carbonyl (C=O) groups is 1. The lowest BCUT2D eigenvalue weighted by Crippen LogP contribution is -2.26. The van der Waals surface area contributed by atoms with E-state index in [4.69, 9.17) is 0 Å². The van der Waals surface area contributed by atoms with Crippen LogP contribution in [0.5, 0.6) is 0 Å². The number of carbonyl (C=O) groups excluding carboxylic acids is 1. The lowest BCUT2D eigenvalue weighted by Gasteiger charge is -2.24. The Morgan fingerprint density at radius 3 is 2.48 bits per heavy atom. The van der Waals surface area contributed by atoms with Crippen LogP contribution in [0, 0.1) is 11.3 Å². The van der Waals surface area contributed by atoms with E-state index in [0.29, 0.717) is 16.8 Å². The Morgan fingerprint density at radius 2 is 1.67 bits per heavy atom. The summed E-state index contributed by atoms with van der Waals surface area (Å²) in [7, 11) is 0. The lowest BCUT2D eigenvalue weighted by atomic mass is 10.1. The number of para-hydroxylation sites is 2. The highest BCUT2D eigenvalue weighted by molar-refractivity contribution is 6.14. The molecule has 128 valence electrons. The second-order valence-electron chi connectivity index (χ2n) is 6.02. The van der Waals surface area contributed by atoms with Gasteiger partial charge in [-0.2, -0.15) is 5.26 Å². The molecule has 1 amide bonds. The Labute approximate surface area is 156 Å². The maximum Gasteiger partial charge on any atom is 0.262 e. The number of anilines is 2. The number of hydrogen-bond acceptors (Lipinski definition) is 3. The molecule has 0 unspecified atom stereocenters. The molecule has 0 aliphatic heterocycles. The number of hydrogen-bond donors (Lipinski definition) is 0. The SMILES string of the molecule is N#Cc1cccc(C(=O)N(c2ccccc2)c2cccc3cccnc23)c1. The Hall–Kier alpha value is -3.97. The van der Waals surface area contributed by atoms with Crippen LogP contribution < -0.4 is 4.90 Å². The van der Waals surface area contributed by atoms with Crippen molar-refractivity contribution in [3.05, 3.63) is 102 Å². The van der Waals surface area contributed by atoms with Crippen LogP contribution in [0.25, 0.3) is 10.9 Å². The van der Waals surface area contributed by atoms with Crippen molar-refractivity contribution in [3.8, 4) is 6.07 Å². The van der Waals surface area contributed by atoms with Crippen LogP contribution in [0.2, 0.25) is 0 Å². The van der Waals surface area contributed by atoms with Gasteiger partial charge in [0, 0.05) is 22.8 Å². The van der Waals surface area contributed by atoms with Gasteiger partial charge in [0.25, 0.3) is 5.91 Å². The van der Waals surface area contributed by atoms with Crippen molar-refractivity contribution < 1.29 is 4.79 Å². The highest BCUT2D eigenvalue weighted by atomic mass is 16.2. The molecule has 0 atom stereocenters. The maximum absolute atomic E-state index is 13.4. The van der Waals surface area contributed by atoms with Crippen LogP contribution >= 0.6 is 0 Å². The molecule has 0 fully saturated rings. The Morgan fingerprint density at radius 1 is 0.889 bits per heavy atom. The third-order valence-electron chi connectivity index (χ3n) is 4.31. The molecule has 4 nitrogen and oxygen atoms in total. The van der Waals surface area contributed by atoms with E-state index in [0.717, 1.165) is 16.6 Å². The minimum absolute atomic E-state index is 0.212. The van der Waals surface area contributed by atoms with Gasteiger partial charge in [-0.1, -0.05) is 42.5 Å². The number of nitrogens with zero attached hydrogens (tertiary/aromatic N) is 3. The summed E-state index contributed by atoms with van der Waals surface area (Å²) < 4.78 is 0. The van der Waals surface area contributed by atoms with E-state index in [-0.39, 0.29) is 5.91 Å². The molecule has 1 aromatic heterocycles. The van der Waals surface area contributed by atoms with Gasteiger partial charge in [0.05, 0.1) is 22.8 Å². The van der Waals surface area contributed by atoms with Gasteiger partial charge in [-0.15, -0.1) is 0 Å². The average Bonchev–Trinajstić information content (AvgIpc) is 2.75. The smallest absolute Gasteiger partial charge is 0.262 e. The molecule has 27 heavy (non-hydrogen) atoms. The standard InChI is InChI=1S/C23H15N3O/c24-16-17-7-4-9-19(15-17)23(27)26(20-11-2-1-3-12-20)21-13-5-8-18-10-6-14-25-22(18)21/h1-15H. The van der Waals surface area contributed by atoms with Gasteiger partial charge in [-0.05, 0) is 42.5 Å². The monoisotopic (exact) mass is 349 g/mol. The molecule has 0 spiro atoms. The zero-order valence-corrected chi connectivity index (χ0v) is 14.4. The molecule has 3 aromatic carbocycles. The number of fused-ring (bicyclic) bond motifs is 1. The molecule has 4 heteroatoms. The van der Waals surface area contributed by atoms with E-state index >= 15 is 0 Å². The fourth-order valence-corrected chi connectivity index (χ4v) is 3.06. The van der Waals surface area contributed by atoms with Crippen LogP contribution in [0.15, 0.2) is 91.1 Å². The van der Waals surface area contributed by atoms with Crippen LogP contribution in [0.4, 0.5) is 11.4 Å². The molecule has 0 saturated heterocycles. The molecule has 0 bridgehead atoms. The van der Waals surface area contributed by atoms with Crippen molar-refractivity contribution in [2.45, 2.75) is 0 Å². The number of benzene rings is 3. The molecule has 1 heterocycles. The van der Waals surface area contributed by atoms with Crippen LogP contribution in [-0.2, 0) is 0 Å². The number of aromatic nitrogens is 1. The minimum Gasteiger partial charge on any atom is -0.275 e. The van der Waals surface area contributed by atoms with Gasteiger partial charge >= 0.3 is 0 Å². The first-order valence-electron chi connectivity index (χ1n) is 8.51. The van der Waals surface area contributed by atoms with Crippen molar-refractivity contribution in [2.24, 2.45) is 0 Å². The number of pyridine rings is 1. The summed E-state index contributed by atoms with van der Waals surface area (Å²) in [6.07, 6.45) is 1.72. The minimum atomic E-state index is -0.212. The van der Waals surface area contributed by atoms with Crippen molar-refractivity contribution >= 4 is 28.2 Å². The van der Waals surface area contributed by atoms with E-state index in [2.05, 4.69) is 11.1 Å². The molecule has 0 aliphatic rings. The molecular formula is C23H15N3O. The Bertz CT molecular complexity index is 1160. The summed E-state index contributed by atoms with van der Waals surface area (Å²) in [5, 5.41) is 10.1. The van der Waals surface area contributed by atoms with E-state index in [1.54, 1.807) is 35.4 Å². The molecule has 0 N–H and O–H groups in total. The first-order valence-corrected chi connectivity index (χ1v) is 8.51. The van der Waals surface area contributed by atoms with Crippen molar-refractivity contribution in [1.29, 1.82) is 5.26 Å². The summed E-state index contributed by atoms with van der Waals surface area (Å²) in [6, 6.07) is 27.9. The van der Waals surface area contributed by atoms with Gasteiger partial charge in [-0.3, -0.25) is 14.7 Å². The zero-order chi connectivity index (χ0) is 18.6.